The van der Waals surface area contributed by atoms with E-state index in [4.69, 9.17) is 9.15 Å². The van der Waals surface area contributed by atoms with Gasteiger partial charge in [0.25, 0.3) is 0 Å². The highest BCUT2D eigenvalue weighted by molar-refractivity contribution is 5.93. The Morgan fingerprint density at radius 3 is 2.45 bits per heavy atom. The molecule has 170 valence electrons. The smallest absolute Gasteiger partial charge is 0.306 e. The Morgan fingerprint density at radius 1 is 1.15 bits per heavy atom. The SMILES string of the molecule is COC(=O)C[C@H](c1cnn(C)c1C)c1c(O)c(O)c(O)c2c(=O)cc(-c3ccccc3)oc12. The number of esters is 1. The summed E-state index contributed by atoms with van der Waals surface area (Å²) in [6.07, 6.45) is 1.28. The molecule has 0 aliphatic heterocycles. The van der Waals surface area contributed by atoms with Crippen molar-refractivity contribution in [1.29, 1.82) is 0 Å². The van der Waals surface area contributed by atoms with Gasteiger partial charge >= 0.3 is 5.97 Å². The standard InChI is InChI=1S/C24H22N2O7/c1-12-15(11-25-26(12)2)14(9-18(28)32-3)19-21(29)23(31)22(30)20-16(27)10-17(33-24(19)20)13-7-5-4-6-8-13/h4-8,10-11,14,29-31H,9H2,1-3H3/t14-/m1/s1. The number of carbonyl (C=O) groups is 1. The molecule has 4 aromatic rings. The van der Waals surface area contributed by atoms with E-state index in [1.165, 1.54) is 19.4 Å². The molecule has 0 aliphatic rings. The highest BCUT2D eigenvalue weighted by Crippen LogP contribution is 2.49. The predicted molar refractivity (Wildman–Crippen MR) is 119 cm³/mol. The van der Waals surface area contributed by atoms with E-state index in [1.807, 2.05) is 0 Å². The minimum Gasteiger partial charge on any atom is -0.504 e. The molecule has 9 nitrogen and oxygen atoms in total. The number of phenolic OH excluding ortho intramolecular Hbond substituents is 3. The van der Waals surface area contributed by atoms with Gasteiger partial charge in [-0.25, -0.2) is 0 Å². The van der Waals surface area contributed by atoms with Gasteiger partial charge in [-0.2, -0.15) is 5.10 Å². The molecule has 2 aromatic heterocycles. The first-order chi connectivity index (χ1) is 15.7. The molecule has 0 spiro atoms. The number of fused-ring (bicyclic) bond motifs is 1. The van der Waals surface area contributed by atoms with Crippen molar-refractivity contribution in [2.24, 2.45) is 7.05 Å². The molecule has 0 saturated heterocycles. The van der Waals surface area contributed by atoms with Gasteiger partial charge in [0.05, 0.1) is 19.7 Å². The number of benzene rings is 2. The Hall–Kier alpha value is -4.27. The van der Waals surface area contributed by atoms with Gasteiger partial charge in [-0.05, 0) is 6.92 Å². The number of ether oxygens (including phenoxy) is 1. The summed E-state index contributed by atoms with van der Waals surface area (Å²) < 4.78 is 12.5. The van der Waals surface area contributed by atoms with Gasteiger partial charge in [0.1, 0.15) is 16.7 Å². The first-order valence-corrected chi connectivity index (χ1v) is 10.1. The number of hydrogen-bond acceptors (Lipinski definition) is 8. The molecule has 0 radical (unpaired) electrons. The van der Waals surface area contributed by atoms with E-state index in [1.54, 1.807) is 49.0 Å². The molecule has 9 heteroatoms. The van der Waals surface area contributed by atoms with E-state index in [0.717, 1.165) is 0 Å². The zero-order valence-corrected chi connectivity index (χ0v) is 18.2. The summed E-state index contributed by atoms with van der Waals surface area (Å²) in [5.74, 6) is -3.68. The fraction of sp³-hybridized carbons (Fsp3) is 0.208. The van der Waals surface area contributed by atoms with Crippen molar-refractivity contribution < 1.29 is 29.3 Å². The average Bonchev–Trinajstić information content (AvgIpc) is 3.14. The molecule has 0 amide bonds. The second kappa shape index (κ2) is 8.34. The summed E-state index contributed by atoms with van der Waals surface area (Å²) in [5.41, 5.74) is 1.03. The van der Waals surface area contributed by atoms with Crippen molar-refractivity contribution in [2.45, 2.75) is 19.3 Å². The number of rotatable bonds is 5. The number of aromatic nitrogens is 2. The largest absolute Gasteiger partial charge is 0.504 e. The Kier molecular flexibility index (Phi) is 5.55. The van der Waals surface area contributed by atoms with E-state index in [2.05, 4.69) is 5.10 Å². The van der Waals surface area contributed by atoms with Crippen LogP contribution in [-0.2, 0) is 16.6 Å². The highest BCUT2D eigenvalue weighted by atomic mass is 16.5. The molecule has 2 aromatic carbocycles. The molecule has 0 fully saturated rings. The van der Waals surface area contributed by atoms with Crippen LogP contribution in [0, 0.1) is 6.92 Å². The number of nitrogens with zero attached hydrogens (tertiary/aromatic N) is 2. The predicted octanol–water partition coefficient (Wildman–Crippen LogP) is 3.31. The quantitative estimate of drug-likeness (QED) is 0.311. The van der Waals surface area contributed by atoms with Crippen molar-refractivity contribution in [3.63, 3.8) is 0 Å². The van der Waals surface area contributed by atoms with Crippen molar-refractivity contribution in [2.75, 3.05) is 7.11 Å². The normalized spacial score (nSPS) is 12.1. The van der Waals surface area contributed by atoms with Crippen LogP contribution in [-0.4, -0.2) is 38.2 Å². The van der Waals surface area contributed by atoms with E-state index >= 15 is 0 Å². The number of aromatic hydroxyl groups is 3. The molecule has 4 rings (SSSR count). The second-order valence-electron chi connectivity index (χ2n) is 7.65. The summed E-state index contributed by atoms with van der Waals surface area (Å²) in [5, 5.41) is 35.7. The van der Waals surface area contributed by atoms with E-state index in [0.29, 0.717) is 16.8 Å². The molecular weight excluding hydrogens is 428 g/mol. The third-order valence-corrected chi connectivity index (χ3v) is 5.79. The monoisotopic (exact) mass is 450 g/mol. The summed E-state index contributed by atoms with van der Waals surface area (Å²) in [6.45, 7) is 1.78. The van der Waals surface area contributed by atoms with Crippen LogP contribution < -0.4 is 5.43 Å². The number of aryl methyl sites for hydroxylation is 1. The lowest BCUT2D eigenvalue weighted by Gasteiger charge is -2.20. The summed E-state index contributed by atoms with van der Waals surface area (Å²) in [7, 11) is 2.95. The minimum absolute atomic E-state index is 0.0309. The van der Waals surface area contributed by atoms with Gasteiger partial charge < -0.3 is 24.5 Å². The van der Waals surface area contributed by atoms with Crippen LogP contribution in [0.3, 0.4) is 0 Å². The van der Waals surface area contributed by atoms with Gasteiger partial charge in [0.2, 0.25) is 5.75 Å². The lowest BCUT2D eigenvalue weighted by molar-refractivity contribution is -0.140. The summed E-state index contributed by atoms with van der Waals surface area (Å²) in [6, 6.07) is 10.0. The maximum Gasteiger partial charge on any atom is 0.306 e. The number of methoxy groups -OCH3 is 1. The van der Waals surface area contributed by atoms with Crippen LogP contribution in [0.1, 0.15) is 29.2 Å². The molecule has 33 heavy (non-hydrogen) atoms. The third-order valence-electron chi connectivity index (χ3n) is 5.79. The van der Waals surface area contributed by atoms with Crippen LogP contribution in [0.25, 0.3) is 22.3 Å². The van der Waals surface area contributed by atoms with Gasteiger partial charge in [0.15, 0.2) is 16.9 Å². The molecule has 0 bridgehead atoms. The minimum atomic E-state index is -0.894. The van der Waals surface area contributed by atoms with Crippen molar-refractivity contribution >= 4 is 16.9 Å². The van der Waals surface area contributed by atoms with Crippen LogP contribution >= 0.6 is 0 Å². The fourth-order valence-electron chi connectivity index (χ4n) is 3.92. The highest BCUT2D eigenvalue weighted by Gasteiger charge is 2.32. The van der Waals surface area contributed by atoms with Crippen LogP contribution in [0.5, 0.6) is 17.2 Å². The molecule has 0 aliphatic carbocycles. The van der Waals surface area contributed by atoms with Crippen molar-refractivity contribution in [1.82, 2.24) is 9.78 Å². The van der Waals surface area contributed by atoms with Crippen molar-refractivity contribution in [3.05, 3.63) is 69.6 Å². The van der Waals surface area contributed by atoms with E-state index < -0.39 is 34.6 Å². The van der Waals surface area contributed by atoms with E-state index in [9.17, 15) is 24.9 Å². The van der Waals surface area contributed by atoms with Gasteiger partial charge in [-0.15, -0.1) is 0 Å². The molecule has 0 saturated carbocycles. The van der Waals surface area contributed by atoms with E-state index in [-0.39, 0.29) is 28.7 Å². The first kappa shape index (κ1) is 21.9. The maximum atomic E-state index is 13.0. The number of carbonyl (C=O) groups excluding carboxylic acids is 1. The van der Waals surface area contributed by atoms with Gasteiger partial charge in [0, 0.05) is 41.4 Å². The zero-order chi connectivity index (χ0) is 23.9. The number of hydrogen-bond donors (Lipinski definition) is 3. The Morgan fingerprint density at radius 2 is 1.85 bits per heavy atom. The number of phenols is 3. The summed E-state index contributed by atoms with van der Waals surface area (Å²) >= 11 is 0. The molecule has 2 heterocycles. The third kappa shape index (κ3) is 3.67. The van der Waals surface area contributed by atoms with Crippen LogP contribution in [0.15, 0.2) is 51.8 Å². The molecule has 3 N–H and O–H groups in total. The first-order valence-electron chi connectivity index (χ1n) is 10.1. The topological polar surface area (TPSA) is 135 Å². The lowest BCUT2D eigenvalue weighted by atomic mass is 9.86. The Labute approximate surface area is 188 Å². The fourth-order valence-corrected chi connectivity index (χ4v) is 3.92. The van der Waals surface area contributed by atoms with Crippen LogP contribution in [0.4, 0.5) is 0 Å². The second-order valence-corrected chi connectivity index (χ2v) is 7.65. The zero-order valence-electron chi connectivity index (χ0n) is 18.2. The lowest BCUT2D eigenvalue weighted by Crippen LogP contribution is -2.13. The molecule has 1 atom stereocenters. The maximum absolute atomic E-state index is 13.0. The molecule has 0 unspecified atom stereocenters. The van der Waals surface area contributed by atoms with Gasteiger partial charge in [-0.1, -0.05) is 30.3 Å². The van der Waals surface area contributed by atoms with Crippen LogP contribution in [0.2, 0.25) is 0 Å². The van der Waals surface area contributed by atoms with Gasteiger partial charge in [-0.3, -0.25) is 14.3 Å². The average molecular weight is 450 g/mol. The Bertz CT molecular complexity index is 1420. The van der Waals surface area contributed by atoms with Crippen molar-refractivity contribution in [3.8, 4) is 28.6 Å². The molecular formula is C24H22N2O7. The Balaban J connectivity index is 2.11. The summed E-state index contributed by atoms with van der Waals surface area (Å²) in [4.78, 5) is 25.3.